The standard InChI is InChI=1S/C19H30BrNO/c1-2-3-4-5-6-7-8-9-10-11-15-21-19(22)17-13-12-14-18(20)16-17/h12-14,16H,2-11,15H2,1H3,(H,21,22). The second-order valence-electron chi connectivity index (χ2n) is 5.95. The van der Waals surface area contributed by atoms with Crippen LogP contribution in [-0.2, 0) is 0 Å². The summed E-state index contributed by atoms with van der Waals surface area (Å²) in [6.45, 7) is 3.04. The molecule has 0 atom stereocenters. The first kappa shape index (κ1) is 19.2. The van der Waals surface area contributed by atoms with Crippen molar-refractivity contribution in [3.63, 3.8) is 0 Å². The van der Waals surface area contributed by atoms with Gasteiger partial charge in [0.05, 0.1) is 0 Å². The molecule has 0 aliphatic heterocycles. The highest BCUT2D eigenvalue weighted by Crippen LogP contribution is 2.12. The summed E-state index contributed by atoms with van der Waals surface area (Å²) in [7, 11) is 0. The smallest absolute Gasteiger partial charge is 0.251 e. The number of halogens is 1. The molecule has 0 unspecified atom stereocenters. The number of unbranched alkanes of at least 4 members (excludes halogenated alkanes) is 9. The summed E-state index contributed by atoms with van der Waals surface area (Å²) in [6, 6.07) is 7.52. The van der Waals surface area contributed by atoms with Gasteiger partial charge in [-0.3, -0.25) is 4.79 Å². The Labute approximate surface area is 144 Å². The van der Waals surface area contributed by atoms with E-state index >= 15 is 0 Å². The molecule has 1 rings (SSSR count). The van der Waals surface area contributed by atoms with E-state index in [2.05, 4.69) is 28.2 Å². The van der Waals surface area contributed by atoms with Gasteiger partial charge in [0.25, 0.3) is 5.91 Å². The van der Waals surface area contributed by atoms with Gasteiger partial charge < -0.3 is 5.32 Å². The Bertz CT molecular complexity index is 420. The highest BCUT2D eigenvalue weighted by molar-refractivity contribution is 9.10. The molecule has 0 aliphatic rings. The third-order valence-electron chi connectivity index (χ3n) is 3.90. The van der Waals surface area contributed by atoms with Crippen LogP contribution in [0.3, 0.4) is 0 Å². The number of benzene rings is 1. The van der Waals surface area contributed by atoms with Gasteiger partial charge in [0.1, 0.15) is 0 Å². The molecule has 1 aromatic rings. The predicted molar refractivity (Wildman–Crippen MR) is 98.3 cm³/mol. The number of rotatable bonds is 12. The fraction of sp³-hybridized carbons (Fsp3) is 0.632. The van der Waals surface area contributed by atoms with Crippen molar-refractivity contribution in [3.8, 4) is 0 Å². The number of hydrogen-bond acceptors (Lipinski definition) is 1. The SMILES string of the molecule is CCCCCCCCCCCCNC(=O)c1cccc(Br)c1. The summed E-state index contributed by atoms with van der Waals surface area (Å²) in [5.41, 5.74) is 0.724. The molecule has 2 nitrogen and oxygen atoms in total. The molecule has 0 spiro atoms. The topological polar surface area (TPSA) is 29.1 Å². The summed E-state index contributed by atoms with van der Waals surface area (Å²) < 4.78 is 0.944. The van der Waals surface area contributed by atoms with Crippen LogP contribution in [0.25, 0.3) is 0 Å². The van der Waals surface area contributed by atoms with Crippen molar-refractivity contribution >= 4 is 21.8 Å². The van der Waals surface area contributed by atoms with Gasteiger partial charge in [-0.25, -0.2) is 0 Å². The van der Waals surface area contributed by atoms with Crippen LogP contribution in [0.1, 0.15) is 81.5 Å². The molecule has 0 aromatic heterocycles. The van der Waals surface area contributed by atoms with Crippen LogP contribution in [-0.4, -0.2) is 12.5 Å². The molecule has 0 fully saturated rings. The molecule has 1 N–H and O–H groups in total. The first-order valence-corrected chi connectivity index (χ1v) is 9.57. The summed E-state index contributed by atoms with van der Waals surface area (Å²) in [5, 5.41) is 2.99. The lowest BCUT2D eigenvalue weighted by Gasteiger charge is -2.06. The fourth-order valence-corrected chi connectivity index (χ4v) is 2.95. The van der Waals surface area contributed by atoms with Gasteiger partial charge in [-0.1, -0.05) is 86.7 Å². The zero-order chi connectivity index (χ0) is 16.0. The van der Waals surface area contributed by atoms with E-state index in [1.807, 2.05) is 24.3 Å². The molecule has 0 saturated heterocycles. The predicted octanol–water partition coefficient (Wildman–Crippen LogP) is 6.10. The van der Waals surface area contributed by atoms with Crippen LogP contribution >= 0.6 is 15.9 Å². The maximum Gasteiger partial charge on any atom is 0.251 e. The lowest BCUT2D eigenvalue weighted by atomic mass is 10.1. The summed E-state index contributed by atoms with van der Waals surface area (Å²) in [6.07, 6.45) is 13.2. The monoisotopic (exact) mass is 367 g/mol. The first-order chi connectivity index (χ1) is 10.7. The molecule has 0 radical (unpaired) electrons. The van der Waals surface area contributed by atoms with E-state index in [0.717, 1.165) is 23.0 Å². The second kappa shape index (κ2) is 12.7. The van der Waals surface area contributed by atoms with Crippen LogP contribution < -0.4 is 5.32 Å². The van der Waals surface area contributed by atoms with Crippen molar-refractivity contribution in [2.75, 3.05) is 6.54 Å². The minimum absolute atomic E-state index is 0.0252. The van der Waals surface area contributed by atoms with E-state index in [0.29, 0.717) is 0 Å². The van der Waals surface area contributed by atoms with Crippen molar-refractivity contribution in [1.29, 1.82) is 0 Å². The average Bonchev–Trinajstić information content (AvgIpc) is 2.52. The lowest BCUT2D eigenvalue weighted by Crippen LogP contribution is -2.24. The van der Waals surface area contributed by atoms with Crippen molar-refractivity contribution in [2.24, 2.45) is 0 Å². The third-order valence-corrected chi connectivity index (χ3v) is 4.40. The number of amides is 1. The van der Waals surface area contributed by atoms with Crippen molar-refractivity contribution in [2.45, 2.75) is 71.1 Å². The van der Waals surface area contributed by atoms with Crippen molar-refractivity contribution < 1.29 is 4.79 Å². The Morgan fingerprint density at radius 1 is 0.955 bits per heavy atom. The zero-order valence-electron chi connectivity index (χ0n) is 13.9. The van der Waals surface area contributed by atoms with Gasteiger partial charge in [0.2, 0.25) is 0 Å². The summed E-state index contributed by atoms with van der Waals surface area (Å²) in [5.74, 6) is 0.0252. The first-order valence-electron chi connectivity index (χ1n) is 8.78. The van der Waals surface area contributed by atoms with Crippen LogP contribution in [0.5, 0.6) is 0 Å². The second-order valence-corrected chi connectivity index (χ2v) is 6.86. The van der Waals surface area contributed by atoms with E-state index in [1.165, 1.54) is 57.8 Å². The third kappa shape index (κ3) is 9.24. The molecule has 0 aliphatic carbocycles. The Morgan fingerprint density at radius 2 is 1.55 bits per heavy atom. The Balaban J connectivity index is 1.94. The molecule has 0 heterocycles. The minimum atomic E-state index is 0.0252. The van der Waals surface area contributed by atoms with Crippen LogP contribution in [0.2, 0.25) is 0 Å². The van der Waals surface area contributed by atoms with Gasteiger partial charge in [-0.15, -0.1) is 0 Å². The van der Waals surface area contributed by atoms with E-state index in [1.54, 1.807) is 0 Å². The molecule has 3 heteroatoms. The quantitative estimate of drug-likeness (QED) is 0.444. The molecule has 0 saturated carbocycles. The molecular weight excluding hydrogens is 338 g/mol. The maximum absolute atomic E-state index is 11.9. The molecule has 1 amide bonds. The van der Waals surface area contributed by atoms with Gasteiger partial charge in [0.15, 0.2) is 0 Å². The normalized spacial score (nSPS) is 10.6. The summed E-state index contributed by atoms with van der Waals surface area (Å²) in [4.78, 5) is 11.9. The number of nitrogens with one attached hydrogen (secondary N) is 1. The van der Waals surface area contributed by atoms with E-state index in [4.69, 9.17) is 0 Å². The van der Waals surface area contributed by atoms with Crippen molar-refractivity contribution in [1.82, 2.24) is 5.32 Å². The lowest BCUT2D eigenvalue weighted by molar-refractivity contribution is 0.0953. The Hall–Kier alpha value is -0.830. The van der Waals surface area contributed by atoms with Crippen LogP contribution in [0.4, 0.5) is 0 Å². The highest BCUT2D eigenvalue weighted by atomic mass is 79.9. The number of carbonyl (C=O) groups is 1. The van der Waals surface area contributed by atoms with E-state index in [-0.39, 0.29) is 5.91 Å². The van der Waals surface area contributed by atoms with E-state index < -0.39 is 0 Å². The molecular formula is C19H30BrNO. The van der Waals surface area contributed by atoms with Gasteiger partial charge in [-0.2, -0.15) is 0 Å². The fourth-order valence-electron chi connectivity index (χ4n) is 2.55. The van der Waals surface area contributed by atoms with Gasteiger partial charge >= 0.3 is 0 Å². The molecule has 22 heavy (non-hydrogen) atoms. The number of carbonyl (C=O) groups excluding carboxylic acids is 1. The average molecular weight is 368 g/mol. The molecule has 0 bridgehead atoms. The van der Waals surface area contributed by atoms with Crippen LogP contribution in [0, 0.1) is 0 Å². The van der Waals surface area contributed by atoms with Crippen LogP contribution in [0.15, 0.2) is 28.7 Å². The largest absolute Gasteiger partial charge is 0.352 e. The maximum atomic E-state index is 11.9. The van der Waals surface area contributed by atoms with Gasteiger partial charge in [-0.05, 0) is 24.6 Å². The van der Waals surface area contributed by atoms with Crippen molar-refractivity contribution in [3.05, 3.63) is 34.3 Å². The highest BCUT2D eigenvalue weighted by Gasteiger charge is 2.04. The summed E-state index contributed by atoms with van der Waals surface area (Å²) >= 11 is 3.39. The van der Waals surface area contributed by atoms with E-state index in [9.17, 15) is 4.79 Å². The van der Waals surface area contributed by atoms with Gasteiger partial charge in [0, 0.05) is 16.6 Å². The minimum Gasteiger partial charge on any atom is -0.352 e. The number of hydrogen-bond donors (Lipinski definition) is 1. The Morgan fingerprint density at radius 3 is 2.14 bits per heavy atom. The zero-order valence-corrected chi connectivity index (χ0v) is 15.5. The molecule has 1 aromatic carbocycles. The Kier molecular flexibility index (Phi) is 11.1. The molecule has 124 valence electrons.